The molecule has 1 aliphatic heterocycles. The average molecular weight is 594 g/mol. The lowest BCUT2D eigenvalue weighted by atomic mass is 9.82. The molecule has 1 heterocycles. The smallest absolute Gasteiger partial charge is 0.266 e. The third kappa shape index (κ3) is 7.45. The highest BCUT2D eigenvalue weighted by Gasteiger charge is 2.53. The van der Waals surface area contributed by atoms with Crippen molar-refractivity contribution >= 4 is 11.8 Å². The van der Waals surface area contributed by atoms with Gasteiger partial charge in [-0.05, 0) is 60.4 Å². The zero-order valence-corrected chi connectivity index (χ0v) is 24.9. The third-order valence-electron chi connectivity index (χ3n) is 7.44. The molecule has 8 heteroatoms. The van der Waals surface area contributed by atoms with Crippen LogP contribution in [0.15, 0.2) is 114 Å². The number of nitrogens with one attached hydrogen (secondary N) is 2. The lowest BCUT2D eigenvalue weighted by molar-refractivity contribution is -0.130. The topological polar surface area (TPSA) is 101 Å². The van der Waals surface area contributed by atoms with Gasteiger partial charge in [0.15, 0.2) is 11.6 Å². The van der Waals surface area contributed by atoms with E-state index < -0.39 is 11.6 Å². The molecule has 8 nitrogen and oxygen atoms in total. The summed E-state index contributed by atoms with van der Waals surface area (Å²) in [5.41, 5.74) is 8.43. The zero-order chi connectivity index (χ0) is 30.6. The summed E-state index contributed by atoms with van der Waals surface area (Å²) < 4.78 is 18.0. The summed E-state index contributed by atoms with van der Waals surface area (Å²) in [6, 6.07) is 35.0. The van der Waals surface area contributed by atoms with Gasteiger partial charge in [0.05, 0.1) is 13.2 Å². The van der Waals surface area contributed by atoms with Crippen LogP contribution in [-0.2, 0) is 22.4 Å². The summed E-state index contributed by atoms with van der Waals surface area (Å²) in [4.78, 5) is 19.4. The van der Waals surface area contributed by atoms with Gasteiger partial charge in [-0.25, -0.2) is 10.4 Å². The van der Waals surface area contributed by atoms with Crippen LogP contribution in [0.4, 0.5) is 0 Å². The van der Waals surface area contributed by atoms with Crippen molar-refractivity contribution in [1.82, 2.24) is 10.9 Å². The van der Waals surface area contributed by atoms with E-state index in [9.17, 15) is 4.79 Å². The van der Waals surface area contributed by atoms with Gasteiger partial charge in [0.2, 0.25) is 5.90 Å². The first-order chi connectivity index (χ1) is 21.6. The maximum atomic E-state index is 14.3. The Bertz CT molecular complexity index is 1510. The summed E-state index contributed by atoms with van der Waals surface area (Å²) in [6.07, 6.45) is 0.891. The summed E-state index contributed by atoms with van der Waals surface area (Å²) in [6.45, 7) is 3.55. The van der Waals surface area contributed by atoms with Crippen LogP contribution < -0.4 is 20.3 Å². The number of carbonyl (C=O) groups is 1. The minimum absolute atomic E-state index is 0.0740. The Hall–Kier alpha value is -4.66. The molecular formula is C36H39N3O5. The van der Waals surface area contributed by atoms with Gasteiger partial charge in [0.1, 0.15) is 11.5 Å². The number of hydrazine groups is 1. The molecule has 0 spiro atoms. The largest absolute Gasteiger partial charge is 0.494 e. The van der Waals surface area contributed by atoms with Gasteiger partial charge < -0.3 is 19.3 Å². The predicted molar refractivity (Wildman–Crippen MR) is 171 cm³/mol. The Kier molecular flexibility index (Phi) is 10.6. The van der Waals surface area contributed by atoms with E-state index in [1.54, 1.807) is 0 Å². The number of carbonyl (C=O) groups excluding carboxylic acids is 1. The van der Waals surface area contributed by atoms with Crippen molar-refractivity contribution in [3.63, 3.8) is 0 Å². The molecule has 0 bridgehead atoms. The predicted octanol–water partition coefficient (Wildman–Crippen LogP) is 5.21. The van der Waals surface area contributed by atoms with Gasteiger partial charge in [-0.1, -0.05) is 78.9 Å². The number of aliphatic hydroxyl groups is 1. The van der Waals surface area contributed by atoms with Crippen LogP contribution in [0.5, 0.6) is 11.5 Å². The molecule has 4 aromatic rings. The van der Waals surface area contributed by atoms with Gasteiger partial charge in [-0.2, -0.15) is 0 Å². The molecule has 0 saturated heterocycles. The molecule has 2 atom stereocenters. The highest BCUT2D eigenvalue weighted by molar-refractivity contribution is 6.01. The summed E-state index contributed by atoms with van der Waals surface area (Å²) in [5, 5.41) is 9.05. The number of hydrogen-bond acceptors (Lipinski definition) is 7. The molecule has 1 amide bonds. The maximum absolute atomic E-state index is 14.3. The number of aliphatic hydroxyl groups excluding tert-OH is 1. The second kappa shape index (κ2) is 15.2. The molecule has 4 aromatic carbocycles. The summed E-state index contributed by atoms with van der Waals surface area (Å²) >= 11 is 0. The highest BCUT2D eigenvalue weighted by Crippen LogP contribution is 2.42. The van der Waals surface area contributed by atoms with Gasteiger partial charge in [-0.15, -0.1) is 0 Å². The number of amides is 1. The first kappa shape index (κ1) is 30.8. The number of aliphatic imine (C=N–C) groups is 1. The third-order valence-corrected chi connectivity index (χ3v) is 7.44. The number of ether oxygens (including phenoxy) is 3. The van der Waals surface area contributed by atoms with E-state index in [0.717, 1.165) is 28.0 Å². The molecule has 0 aromatic heterocycles. The number of nitrogens with zero attached hydrogens (tertiary/aromatic N) is 1. The summed E-state index contributed by atoms with van der Waals surface area (Å²) in [5.74, 6) is 1.63. The molecule has 3 N–H and O–H groups in total. The van der Waals surface area contributed by atoms with Crippen LogP contribution in [0, 0.1) is 0 Å². The fourth-order valence-electron chi connectivity index (χ4n) is 5.27. The van der Waals surface area contributed by atoms with Crippen molar-refractivity contribution in [2.24, 2.45) is 4.99 Å². The van der Waals surface area contributed by atoms with E-state index in [-0.39, 0.29) is 12.5 Å². The molecule has 0 saturated carbocycles. The minimum atomic E-state index is -1.29. The van der Waals surface area contributed by atoms with Crippen LogP contribution >= 0.6 is 0 Å². The van der Waals surface area contributed by atoms with Crippen molar-refractivity contribution in [3.05, 3.63) is 131 Å². The van der Waals surface area contributed by atoms with E-state index in [0.29, 0.717) is 50.7 Å². The molecule has 0 radical (unpaired) electrons. The number of rotatable bonds is 15. The molecule has 0 unspecified atom stereocenters. The Labute approximate surface area is 258 Å². The first-order valence-electron chi connectivity index (χ1n) is 15.1. The highest BCUT2D eigenvalue weighted by atomic mass is 16.5. The fraction of sp³-hybridized carbons (Fsp3) is 0.278. The Morgan fingerprint density at radius 1 is 0.909 bits per heavy atom. The lowest BCUT2D eigenvalue weighted by Gasteiger charge is -2.31. The number of hydrogen-bond donors (Lipinski definition) is 3. The minimum Gasteiger partial charge on any atom is -0.494 e. The van der Waals surface area contributed by atoms with Crippen molar-refractivity contribution in [2.45, 2.75) is 37.8 Å². The summed E-state index contributed by atoms with van der Waals surface area (Å²) in [7, 11) is 0. The average Bonchev–Trinajstić information content (AvgIpc) is 3.45. The van der Waals surface area contributed by atoms with Crippen molar-refractivity contribution < 1.29 is 24.1 Å². The second-order valence-corrected chi connectivity index (χ2v) is 10.5. The standard InChI is InChI=1S/C36H39N3O5/c1-2-42-32-17-10-9-14-28(32)22-23-37-39-35(41)36(26-27-12-5-3-6-13-27)33(29-15-7-4-8-16-29)44-34(38-36)30-18-20-31(21-19-30)43-25-11-24-40/h3-10,12-21,33,37,40H,2,11,22-26H2,1H3,(H,39,41)/t33-,36-/m0/s1. The van der Waals surface area contributed by atoms with Crippen LogP contribution in [0.3, 0.4) is 0 Å². The van der Waals surface area contributed by atoms with Crippen LogP contribution in [0.1, 0.15) is 41.7 Å². The van der Waals surface area contributed by atoms with E-state index in [1.807, 2.05) is 116 Å². The van der Waals surface area contributed by atoms with E-state index >= 15 is 0 Å². The first-order valence-corrected chi connectivity index (χ1v) is 15.1. The molecule has 5 rings (SSSR count). The molecule has 1 aliphatic rings. The van der Waals surface area contributed by atoms with Gasteiger partial charge in [0.25, 0.3) is 5.91 Å². The Morgan fingerprint density at radius 3 is 2.34 bits per heavy atom. The Morgan fingerprint density at radius 2 is 1.61 bits per heavy atom. The van der Waals surface area contributed by atoms with Crippen LogP contribution in [0.2, 0.25) is 0 Å². The molecule has 0 fully saturated rings. The number of benzene rings is 4. The molecule has 0 aliphatic carbocycles. The molecule has 44 heavy (non-hydrogen) atoms. The number of para-hydroxylation sites is 1. The monoisotopic (exact) mass is 593 g/mol. The second-order valence-electron chi connectivity index (χ2n) is 10.5. The van der Waals surface area contributed by atoms with Crippen molar-refractivity contribution in [2.75, 3.05) is 26.4 Å². The van der Waals surface area contributed by atoms with Crippen molar-refractivity contribution in [1.29, 1.82) is 0 Å². The fourth-order valence-corrected chi connectivity index (χ4v) is 5.27. The normalized spacial score (nSPS) is 17.4. The van der Waals surface area contributed by atoms with E-state index in [2.05, 4.69) is 10.9 Å². The van der Waals surface area contributed by atoms with Crippen LogP contribution in [-0.4, -0.2) is 48.8 Å². The van der Waals surface area contributed by atoms with Crippen molar-refractivity contribution in [3.8, 4) is 11.5 Å². The van der Waals surface area contributed by atoms with Crippen LogP contribution in [0.25, 0.3) is 0 Å². The SMILES string of the molecule is CCOc1ccccc1CCNNC(=O)[C@@]1(Cc2ccccc2)N=C(c2ccc(OCCCO)cc2)O[C@H]1c1ccccc1. The lowest BCUT2D eigenvalue weighted by Crippen LogP contribution is -2.54. The van der Waals surface area contributed by atoms with E-state index in [1.165, 1.54) is 0 Å². The van der Waals surface area contributed by atoms with Gasteiger partial charge in [-0.3, -0.25) is 10.2 Å². The Balaban J connectivity index is 1.43. The van der Waals surface area contributed by atoms with E-state index in [4.69, 9.17) is 24.3 Å². The quantitative estimate of drug-likeness (QED) is 0.129. The molecule has 228 valence electrons. The van der Waals surface area contributed by atoms with Gasteiger partial charge >= 0.3 is 0 Å². The maximum Gasteiger partial charge on any atom is 0.266 e. The van der Waals surface area contributed by atoms with Gasteiger partial charge in [0, 0.05) is 31.6 Å². The molecular weight excluding hydrogens is 554 g/mol. The zero-order valence-electron chi connectivity index (χ0n) is 24.9.